The summed E-state index contributed by atoms with van der Waals surface area (Å²) in [5.74, 6) is 0. The van der Waals surface area contributed by atoms with Gasteiger partial charge in [0.1, 0.15) is 11.4 Å². The number of aryl methyl sites for hydroxylation is 1. The molecule has 1 heterocycles. The van der Waals surface area contributed by atoms with Crippen LogP contribution in [-0.4, -0.2) is 20.1 Å². The van der Waals surface area contributed by atoms with Crippen molar-refractivity contribution in [2.45, 2.75) is 43.1 Å². The summed E-state index contributed by atoms with van der Waals surface area (Å²) in [4.78, 5) is 0. The van der Waals surface area contributed by atoms with Gasteiger partial charge in [0, 0.05) is 6.54 Å². The zero-order valence-electron chi connectivity index (χ0n) is 8.96. The maximum Gasteiger partial charge on any atom is 0.234 e. The summed E-state index contributed by atoms with van der Waals surface area (Å²) in [6.07, 6.45) is 3.12. The molecule has 0 fully saturated rings. The van der Waals surface area contributed by atoms with Crippen molar-refractivity contribution in [1.82, 2.24) is 15.0 Å². The van der Waals surface area contributed by atoms with Crippen LogP contribution in [0.5, 0.6) is 0 Å². The maximum absolute atomic E-state index is 9.07. The van der Waals surface area contributed by atoms with Crippen LogP contribution in [0.25, 0.3) is 0 Å². The number of aliphatic hydroxyl groups excluding tert-OH is 1. The number of unbranched alkanes of at least 4 members (excludes halogenated alkanes) is 2. The van der Waals surface area contributed by atoms with Crippen LogP contribution >= 0.6 is 34.8 Å². The fraction of sp³-hybridized carbons (Fsp3) is 0.778. The number of hydrogen-bond donors (Lipinski definition) is 1. The zero-order valence-corrected chi connectivity index (χ0v) is 11.2. The summed E-state index contributed by atoms with van der Waals surface area (Å²) in [6, 6.07) is 0. The minimum absolute atomic E-state index is 0.281. The van der Waals surface area contributed by atoms with Gasteiger partial charge >= 0.3 is 0 Å². The predicted molar refractivity (Wildman–Crippen MR) is 64.7 cm³/mol. The first kappa shape index (κ1) is 14.0. The van der Waals surface area contributed by atoms with Crippen LogP contribution in [0.3, 0.4) is 0 Å². The van der Waals surface area contributed by atoms with Crippen molar-refractivity contribution in [3.05, 3.63) is 11.4 Å². The lowest BCUT2D eigenvalue weighted by Gasteiger charge is -2.14. The van der Waals surface area contributed by atoms with E-state index in [9.17, 15) is 0 Å². The number of halogens is 3. The van der Waals surface area contributed by atoms with Crippen LogP contribution in [0.4, 0.5) is 0 Å². The molecule has 0 saturated heterocycles. The van der Waals surface area contributed by atoms with E-state index in [2.05, 4.69) is 17.2 Å². The SMILES string of the molecule is CCCCCn1nnc(CO)c1C(Cl)(Cl)Cl. The molecule has 0 aliphatic carbocycles. The number of aromatic nitrogens is 3. The van der Waals surface area contributed by atoms with Crippen LogP contribution in [0.1, 0.15) is 37.6 Å². The Bertz CT molecular complexity index is 335. The van der Waals surface area contributed by atoms with Crippen molar-refractivity contribution in [3.63, 3.8) is 0 Å². The molecule has 4 nitrogen and oxygen atoms in total. The monoisotopic (exact) mass is 285 g/mol. The van der Waals surface area contributed by atoms with Gasteiger partial charge < -0.3 is 5.11 Å². The lowest BCUT2D eigenvalue weighted by atomic mass is 10.2. The first-order valence-corrected chi connectivity index (χ1v) is 6.24. The molecule has 0 aliphatic heterocycles. The molecule has 1 aromatic rings. The second-order valence-electron chi connectivity index (χ2n) is 3.47. The first-order valence-electron chi connectivity index (χ1n) is 5.11. The predicted octanol–water partition coefficient (Wildman–Crippen LogP) is 2.79. The highest BCUT2D eigenvalue weighted by Crippen LogP contribution is 2.39. The van der Waals surface area contributed by atoms with Gasteiger partial charge in [0.05, 0.1) is 6.61 Å². The molecular weight excluding hydrogens is 272 g/mol. The summed E-state index contributed by atoms with van der Waals surface area (Å²) in [5, 5.41) is 16.7. The summed E-state index contributed by atoms with van der Waals surface area (Å²) in [5.41, 5.74) is 0.674. The Morgan fingerprint density at radius 3 is 2.50 bits per heavy atom. The van der Waals surface area contributed by atoms with E-state index < -0.39 is 3.79 Å². The van der Waals surface area contributed by atoms with E-state index in [1.165, 1.54) is 0 Å². The highest BCUT2D eigenvalue weighted by atomic mass is 35.6. The van der Waals surface area contributed by atoms with E-state index in [1.54, 1.807) is 4.68 Å². The van der Waals surface area contributed by atoms with Crippen molar-refractivity contribution in [1.29, 1.82) is 0 Å². The number of hydrogen-bond acceptors (Lipinski definition) is 3. The van der Waals surface area contributed by atoms with Gasteiger partial charge in [-0.2, -0.15) is 0 Å². The zero-order chi connectivity index (χ0) is 12.2. The Kier molecular flexibility index (Phi) is 5.31. The van der Waals surface area contributed by atoms with Gasteiger partial charge in [0.2, 0.25) is 3.79 Å². The van der Waals surface area contributed by atoms with Crippen LogP contribution in [0.2, 0.25) is 0 Å². The van der Waals surface area contributed by atoms with E-state index in [1.807, 2.05) is 0 Å². The maximum atomic E-state index is 9.07. The van der Waals surface area contributed by atoms with Crippen molar-refractivity contribution in [2.75, 3.05) is 0 Å². The Morgan fingerprint density at radius 1 is 1.31 bits per heavy atom. The molecule has 0 amide bonds. The summed E-state index contributed by atoms with van der Waals surface area (Å²) >= 11 is 17.5. The molecule has 92 valence electrons. The molecular formula is C9H14Cl3N3O. The van der Waals surface area contributed by atoms with E-state index in [0.29, 0.717) is 17.9 Å². The second-order valence-corrected chi connectivity index (χ2v) is 5.75. The molecule has 7 heteroatoms. The summed E-state index contributed by atoms with van der Waals surface area (Å²) < 4.78 is -0.0536. The molecule has 0 bridgehead atoms. The fourth-order valence-electron chi connectivity index (χ4n) is 1.43. The fourth-order valence-corrected chi connectivity index (χ4v) is 2.05. The number of aliphatic hydroxyl groups is 1. The van der Waals surface area contributed by atoms with Crippen molar-refractivity contribution >= 4 is 34.8 Å². The highest BCUT2D eigenvalue weighted by molar-refractivity contribution is 6.66. The Labute approximate surface area is 109 Å². The molecule has 0 aromatic carbocycles. The second kappa shape index (κ2) is 6.05. The van der Waals surface area contributed by atoms with Gasteiger partial charge in [-0.1, -0.05) is 59.8 Å². The molecule has 0 radical (unpaired) electrons. The average molecular weight is 287 g/mol. The first-order chi connectivity index (χ1) is 7.50. The molecule has 1 N–H and O–H groups in total. The Morgan fingerprint density at radius 2 is 2.00 bits per heavy atom. The van der Waals surface area contributed by atoms with Gasteiger partial charge in [0.25, 0.3) is 0 Å². The van der Waals surface area contributed by atoms with Gasteiger partial charge in [-0.15, -0.1) is 5.10 Å². The standard InChI is InChI=1S/C9H14Cl3N3O/c1-2-3-4-5-15-8(9(10,11)12)7(6-16)13-14-15/h16H,2-6H2,1H3. The quantitative estimate of drug-likeness (QED) is 0.669. The molecule has 0 saturated carbocycles. The lowest BCUT2D eigenvalue weighted by Crippen LogP contribution is -2.14. The van der Waals surface area contributed by atoms with Crippen LogP contribution < -0.4 is 0 Å². The normalized spacial score (nSPS) is 12.1. The lowest BCUT2D eigenvalue weighted by molar-refractivity contribution is 0.275. The third kappa shape index (κ3) is 3.48. The minimum atomic E-state index is -1.60. The minimum Gasteiger partial charge on any atom is -0.390 e. The molecule has 0 unspecified atom stereocenters. The Balaban J connectivity index is 2.88. The van der Waals surface area contributed by atoms with E-state index in [4.69, 9.17) is 39.9 Å². The van der Waals surface area contributed by atoms with Gasteiger partial charge in [0.15, 0.2) is 0 Å². The van der Waals surface area contributed by atoms with Crippen molar-refractivity contribution in [3.8, 4) is 0 Å². The topological polar surface area (TPSA) is 50.9 Å². The molecule has 16 heavy (non-hydrogen) atoms. The van der Waals surface area contributed by atoms with Gasteiger partial charge in [-0.3, -0.25) is 0 Å². The summed E-state index contributed by atoms with van der Waals surface area (Å²) in [7, 11) is 0. The molecule has 0 spiro atoms. The highest BCUT2D eigenvalue weighted by Gasteiger charge is 2.32. The molecule has 1 rings (SSSR count). The van der Waals surface area contributed by atoms with Crippen LogP contribution in [0.15, 0.2) is 0 Å². The molecule has 0 aliphatic rings. The summed E-state index contributed by atoms with van der Waals surface area (Å²) in [6.45, 7) is 2.47. The number of alkyl halides is 3. The third-order valence-corrected chi connectivity index (χ3v) is 2.73. The third-order valence-electron chi connectivity index (χ3n) is 2.20. The van der Waals surface area contributed by atoms with Gasteiger partial charge in [-0.25, -0.2) is 4.68 Å². The van der Waals surface area contributed by atoms with E-state index in [-0.39, 0.29) is 6.61 Å². The van der Waals surface area contributed by atoms with Gasteiger partial charge in [-0.05, 0) is 6.42 Å². The van der Waals surface area contributed by atoms with Crippen molar-refractivity contribution in [2.24, 2.45) is 0 Å². The molecule has 0 atom stereocenters. The van der Waals surface area contributed by atoms with Crippen LogP contribution in [-0.2, 0) is 16.9 Å². The number of nitrogens with zero attached hydrogens (tertiary/aromatic N) is 3. The average Bonchev–Trinajstić information content (AvgIpc) is 2.61. The smallest absolute Gasteiger partial charge is 0.234 e. The largest absolute Gasteiger partial charge is 0.390 e. The van der Waals surface area contributed by atoms with Crippen LogP contribution in [0, 0.1) is 0 Å². The number of rotatable bonds is 5. The molecule has 1 aromatic heterocycles. The Hall–Kier alpha value is -0.0300. The van der Waals surface area contributed by atoms with Crippen molar-refractivity contribution < 1.29 is 5.11 Å². The van der Waals surface area contributed by atoms with E-state index in [0.717, 1.165) is 19.3 Å². The van der Waals surface area contributed by atoms with E-state index >= 15 is 0 Å².